The minimum Gasteiger partial charge on any atom is -0.494 e. The fraction of sp³-hybridized carbons (Fsp3) is 0.632. The second-order valence-corrected chi connectivity index (χ2v) is 6.88. The van der Waals surface area contributed by atoms with Crippen molar-refractivity contribution < 1.29 is 9.53 Å². The van der Waals surface area contributed by atoms with E-state index in [1.807, 2.05) is 42.3 Å². The predicted octanol–water partition coefficient (Wildman–Crippen LogP) is 3.26. The number of halogens is 1. The van der Waals surface area contributed by atoms with Gasteiger partial charge in [0.15, 0.2) is 0 Å². The summed E-state index contributed by atoms with van der Waals surface area (Å²) in [6, 6.07) is 10.4. The number of carbonyl (C=O) groups excluding carboxylic acids is 1. The summed E-state index contributed by atoms with van der Waals surface area (Å²) >= 11 is 0. The second kappa shape index (κ2) is 9.28. The maximum atomic E-state index is 12.6. The van der Waals surface area contributed by atoms with Gasteiger partial charge in [-0.15, -0.1) is 12.4 Å². The summed E-state index contributed by atoms with van der Waals surface area (Å²) in [6.07, 6.45) is 7.04. The van der Waals surface area contributed by atoms with Crippen molar-refractivity contribution in [3.63, 3.8) is 0 Å². The lowest BCUT2D eigenvalue weighted by atomic mass is 9.85. The Kier molecular flexibility index (Phi) is 7.38. The van der Waals surface area contributed by atoms with Crippen molar-refractivity contribution in [2.75, 3.05) is 20.2 Å². The van der Waals surface area contributed by atoms with Gasteiger partial charge in [0.2, 0.25) is 5.91 Å². The van der Waals surface area contributed by atoms with E-state index in [0.29, 0.717) is 18.6 Å². The number of fused-ring (bicyclic) bond motifs is 1. The Balaban J connectivity index is 0.00000208. The number of benzene rings is 1. The number of carbonyl (C=O) groups is 1. The fourth-order valence-corrected chi connectivity index (χ4v) is 3.90. The number of likely N-dealkylation sites (N-methyl/N-ethyl adjacent to an activating group) is 1. The lowest BCUT2D eigenvalue weighted by Crippen LogP contribution is -2.44. The van der Waals surface area contributed by atoms with Crippen LogP contribution in [0.4, 0.5) is 0 Å². The molecule has 2 fully saturated rings. The van der Waals surface area contributed by atoms with Gasteiger partial charge in [-0.25, -0.2) is 0 Å². The first-order valence-corrected chi connectivity index (χ1v) is 8.93. The molecule has 3 rings (SSSR count). The van der Waals surface area contributed by atoms with Gasteiger partial charge in [0.25, 0.3) is 0 Å². The molecule has 1 heterocycles. The Bertz CT molecular complexity index is 497. The quantitative estimate of drug-likeness (QED) is 0.799. The summed E-state index contributed by atoms with van der Waals surface area (Å²) in [7, 11) is 1.91. The molecular weight excluding hydrogens is 324 g/mol. The number of hydrogen-bond donors (Lipinski definition) is 1. The summed E-state index contributed by atoms with van der Waals surface area (Å²) < 4.78 is 5.69. The van der Waals surface area contributed by atoms with E-state index in [9.17, 15) is 4.79 Å². The molecule has 4 nitrogen and oxygen atoms in total. The minimum absolute atomic E-state index is 0. The smallest absolute Gasteiger partial charge is 0.239 e. The van der Waals surface area contributed by atoms with Gasteiger partial charge in [0.1, 0.15) is 5.75 Å². The summed E-state index contributed by atoms with van der Waals surface area (Å²) in [4.78, 5) is 14.4. The SMILES string of the molecule is CN(CCCOc1ccccc1)C(=O)C1CC2CCCCC2N1.Cl. The van der Waals surface area contributed by atoms with Crippen LogP contribution in [-0.2, 0) is 4.79 Å². The molecule has 1 aromatic carbocycles. The van der Waals surface area contributed by atoms with Crippen molar-refractivity contribution in [3.05, 3.63) is 30.3 Å². The van der Waals surface area contributed by atoms with E-state index in [-0.39, 0.29) is 24.4 Å². The molecular formula is C19H29ClN2O2. The van der Waals surface area contributed by atoms with Gasteiger partial charge in [-0.2, -0.15) is 0 Å². The third-order valence-electron chi connectivity index (χ3n) is 5.19. The van der Waals surface area contributed by atoms with Crippen LogP contribution < -0.4 is 10.1 Å². The van der Waals surface area contributed by atoms with Crippen LogP contribution >= 0.6 is 12.4 Å². The number of nitrogens with one attached hydrogen (secondary N) is 1. The van der Waals surface area contributed by atoms with E-state index in [4.69, 9.17) is 4.74 Å². The Morgan fingerprint density at radius 1 is 1.25 bits per heavy atom. The Morgan fingerprint density at radius 3 is 2.75 bits per heavy atom. The van der Waals surface area contributed by atoms with E-state index in [0.717, 1.165) is 25.1 Å². The lowest BCUT2D eigenvalue weighted by molar-refractivity contribution is -0.132. The van der Waals surface area contributed by atoms with E-state index in [1.54, 1.807) is 0 Å². The van der Waals surface area contributed by atoms with Crippen molar-refractivity contribution in [1.29, 1.82) is 0 Å². The van der Waals surface area contributed by atoms with E-state index in [2.05, 4.69) is 5.32 Å². The largest absolute Gasteiger partial charge is 0.494 e. The summed E-state index contributed by atoms with van der Waals surface area (Å²) in [5, 5.41) is 3.57. The van der Waals surface area contributed by atoms with Gasteiger partial charge in [-0.3, -0.25) is 4.79 Å². The molecule has 1 N–H and O–H groups in total. The van der Waals surface area contributed by atoms with Crippen LogP contribution in [0.25, 0.3) is 0 Å². The summed E-state index contributed by atoms with van der Waals surface area (Å²) in [5.41, 5.74) is 0. The molecule has 134 valence electrons. The molecule has 1 amide bonds. The first-order chi connectivity index (χ1) is 11.2. The zero-order valence-corrected chi connectivity index (χ0v) is 15.3. The Labute approximate surface area is 151 Å². The highest BCUT2D eigenvalue weighted by Gasteiger charge is 2.38. The van der Waals surface area contributed by atoms with Crippen LogP contribution in [0.3, 0.4) is 0 Å². The first-order valence-electron chi connectivity index (χ1n) is 8.93. The summed E-state index contributed by atoms with van der Waals surface area (Å²) in [6.45, 7) is 1.39. The fourth-order valence-electron chi connectivity index (χ4n) is 3.90. The van der Waals surface area contributed by atoms with Gasteiger partial charge in [-0.05, 0) is 43.7 Å². The highest BCUT2D eigenvalue weighted by molar-refractivity contribution is 5.85. The number of para-hydroxylation sites is 1. The van der Waals surface area contributed by atoms with E-state index >= 15 is 0 Å². The molecule has 3 unspecified atom stereocenters. The van der Waals surface area contributed by atoms with Crippen LogP contribution in [0.2, 0.25) is 0 Å². The normalized spacial score (nSPS) is 25.5. The molecule has 0 bridgehead atoms. The number of hydrogen-bond acceptors (Lipinski definition) is 3. The van der Waals surface area contributed by atoms with E-state index in [1.165, 1.54) is 25.7 Å². The van der Waals surface area contributed by atoms with E-state index < -0.39 is 0 Å². The van der Waals surface area contributed by atoms with Crippen LogP contribution in [0.1, 0.15) is 38.5 Å². The monoisotopic (exact) mass is 352 g/mol. The highest BCUT2D eigenvalue weighted by atomic mass is 35.5. The molecule has 5 heteroatoms. The van der Waals surface area contributed by atoms with Gasteiger partial charge in [0.05, 0.1) is 12.6 Å². The Morgan fingerprint density at radius 2 is 2.00 bits per heavy atom. The molecule has 24 heavy (non-hydrogen) atoms. The third kappa shape index (κ3) is 4.87. The van der Waals surface area contributed by atoms with Crippen LogP contribution in [0.5, 0.6) is 5.75 Å². The van der Waals surface area contributed by atoms with Crippen molar-refractivity contribution in [2.45, 2.75) is 50.6 Å². The van der Waals surface area contributed by atoms with Gasteiger partial charge >= 0.3 is 0 Å². The van der Waals surface area contributed by atoms with Gasteiger partial charge in [0, 0.05) is 19.6 Å². The number of amides is 1. The molecule has 0 spiro atoms. The van der Waals surface area contributed by atoms with Gasteiger partial charge in [-0.1, -0.05) is 31.0 Å². The highest BCUT2D eigenvalue weighted by Crippen LogP contribution is 2.33. The topological polar surface area (TPSA) is 41.6 Å². The summed E-state index contributed by atoms with van der Waals surface area (Å²) in [5.74, 6) is 1.86. The minimum atomic E-state index is 0. The Hall–Kier alpha value is -1.26. The van der Waals surface area contributed by atoms with Crippen LogP contribution in [-0.4, -0.2) is 43.1 Å². The molecule has 1 aliphatic heterocycles. The zero-order valence-electron chi connectivity index (χ0n) is 14.4. The molecule has 1 saturated carbocycles. The number of ether oxygens (including phenoxy) is 1. The first kappa shape index (κ1) is 19.1. The maximum Gasteiger partial charge on any atom is 0.239 e. The molecule has 0 aromatic heterocycles. The standard InChI is InChI=1S/C19H28N2O2.ClH/c1-21(12-7-13-23-16-9-3-2-4-10-16)19(22)18-14-15-8-5-6-11-17(15)20-18;/h2-4,9-10,15,17-18,20H,5-8,11-14H2,1H3;1H. The molecule has 1 aliphatic carbocycles. The predicted molar refractivity (Wildman–Crippen MR) is 98.7 cm³/mol. The number of rotatable bonds is 6. The van der Waals surface area contributed by atoms with Gasteiger partial charge < -0.3 is 15.0 Å². The third-order valence-corrected chi connectivity index (χ3v) is 5.19. The molecule has 1 aromatic rings. The molecule has 0 radical (unpaired) electrons. The average Bonchev–Trinajstić information content (AvgIpc) is 3.03. The molecule has 2 aliphatic rings. The second-order valence-electron chi connectivity index (χ2n) is 6.88. The lowest BCUT2D eigenvalue weighted by Gasteiger charge is -2.24. The zero-order chi connectivity index (χ0) is 16.1. The van der Waals surface area contributed by atoms with Crippen molar-refractivity contribution in [1.82, 2.24) is 10.2 Å². The molecule has 3 atom stereocenters. The van der Waals surface area contributed by atoms with Crippen LogP contribution in [0.15, 0.2) is 30.3 Å². The average molecular weight is 353 g/mol. The maximum absolute atomic E-state index is 12.6. The van der Waals surface area contributed by atoms with Crippen molar-refractivity contribution >= 4 is 18.3 Å². The number of nitrogens with zero attached hydrogens (tertiary/aromatic N) is 1. The van der Waals surface area contributed by atoms with Crippen molar-refractivity contribution in [2.24, 2.45) is 5.92 Å². The molecule has 1 saturated heterocycles. The van der Waals surface area contributed by atoms with Crippen molar-refractivity contribution in [3.8, 4) is 5.75 Å². The van der Waals surface area contributed by atoms with Crippen LogP contribution in [0, 0.1) is 5.92 Å².